The third-order valence-electron chi connectivity index (χ3n) is 6.45. The fourth-order valence-corrected chi connectivity index (χ4v) is 5.25. The zero-order valence-corrected chi connectivity index (χ0v) is 15.8. The predicted octanol–water partition coefficient (Wildman–Crippen LogP) is 3.41. The van der Waals surface area contributed by atoms with Crippen LogP contribution in [0.3, 0.4) is 0 Å². The smallest absolute Gasteiger partial charge is 0.115 e. The van der Waals surface area contributed by atoms with Crippen molar-refractivity contribution in [2.75, 3.05) is 0 Å². The van der Waals surface area contributed by atoms with Gasteiger partial charge in [0.25, 0.3) is 0 Å². The number of phenols is 1. The molecule has 3 N–H and O–H groups in total. The number of benzene rings is 2. The molecule has 0 spiro atoms. The van der Waals surface area contributed by atoms with Gasteiger partial charge in [0.05, 0.1) is 11.7 Å². The fraction of sp³-hybridized carbons (Fsp3) is 0.478. The molecule has 2 bridgehead atoms. The lowest BCUT2D eigenvalue weighted by Gasteiger charge is -2.47. The summed E-state index contributed by atoms with van der Waals surface area (Å²) in [5.41, 5.74) is 1.35. The zero-order chi connectivity index (χ0) is 19.0. The molecule has 2 heterocycles. The molecule has 0 amide bonds. The normalized spacial score (nSPS) is 30.2. The number of phenolic OH excluding ortho intramolecular Hbond substituents is 1. The van der Waals surface area contributed by atoms with Crippen LogP contribution in [0.1, 0.15) is 49.8 Å². The van der Waals surface area contributed by atoms with E-state index in [2.05, 4.69) is 24.0 Å². The van der Waals surface area contributed by atoms with Crippen LogP contribution >= 0.6 is 0 Å². The Morgan fingerprint density at radius 2 is 1.59 bits per heavy atom. The number of aromatic hydroxyl groups is 1. The van der Waals surface area contributed by atoms with E-state index < -0.39 is 11.7 Å². The monoisotopic (exact) mass is 367 g/mol. The molecule has 144 valence electrons. The first-order valence-electron chi connectivity index (χ1n) is 9.96. The van der Waals surface area contributed by atoms with Crippen molar-refractivity contribution in [3.05, 3.63) is 65.7 Å². The summed E-state index contributed by atoms with van der Waals surface area (Å²) in [5.74, 6) is 0.211. The summed E-state index contributed by atoms with van der Waals surface area (Å²) in [6.07, 6.45) is 3.76. The summed E-state index contributed by atoms with van der Waals surface area (Å²) >= 11 is 0. The Morgan fingerprint density at radius 3 is 2.19 bits per heavy atom. The van der Waals surface area contributed by atoms with E-state index in [0.717, 1.165) is 31.2 Å². The minimum Gasteiger partial charge on any atom is -0.508 e. The van der Waals surface area contributed by atoms with Crippen molar-refractivity contribution in [2.24, 2.45) is 0 Å². The van der Waals surface area contributed by atoms with Crippen LogP contribution in [0, 0.1) is 0 Å². The van der Waals surface area contributed by atoms with Crippen molar-refractivity contribution in [3.63, 3.8) is 0 Å². The second kappa shape index (κ2) is 7.27. The molecule has 4 rings (SSSR count). The van der Waals surface area contributed by atoms with Gasteiger partial charge in [-0.1, -0.05) is 42.5 Å². The summed E-state index contributed by atoms with van der Waals surface area (Å²) in [6, 6.07) is 17.6. The van der Waals surface area contributed by atoms with Crippen molar-refractivity contribution in [2.45, 2.75) is 68.9 Å². The topological polar surface area (TPSA) is 63.9 Å². The number of rotatable bonds is 5. The number of hydrogen-bond donors (Lipinski definition) is 3. The molecule has 2 aliphatic heterocycles. The van der Waals surface area contributed by atoms with Crippen LogP contribution in [0.5, 0.6) is 5.75 Å². The van der Waals surface area contributed by atoms with E-state index in [-0.39, 0.29) is 11.8 Å². The molecule has 2 saturated heterocycles. The molecule has 0 saturated carbocycles. The summed E-state index contributed by atoms with van der Waals surface area (Å²) < 4.78 is 0. The molecule has 0 aliphatic carbocycles. The lowest BCUT2D eigenvalue weighted by molar-refractivity contribution is -0.0798. The maximum absolute atomic E-state index is 11.3. The number of aliphatic hydroxyl groups excluding tert-OH is 1. The predicted molar refractivity (Wildman–Crippen MR) is 106 cm³/mol. The summed E-state index contributed by atoms with van der Waals surface area (Å²) in [6.45, 7) is 2.07. The maximum atomic E-state index is 11.3. The molecular weight excluding hydrogens is 338 g/mol. The van der Waals surface area contributed by atoms with Gasteiger partial charge >= 0.3 is 0 Å². The molecule has 0 radical (unpaired) electrons. The molecule has 27 heavy (non-hydrogen) atoms. The van der Waals surface area contributed by atoms with E-state index >= 15 is 0 Å². The van der Waals surface area contributed by atoms with E-state index in [0.29, 0.717) is 18.5 Å². The van der Waals surface area contributed by atoms with Gasteiger partial charge in [-0.2, -0.15) is 0 Å². The highest BCUT2D eigenvalue weighted by molar-refractivity contribution is 5.28. The third-order valence-corrected chi connectivity index (χ3v) is 6.45. The first-order chi connectivity index (χ1) is 13.0. The summed E-state index contributed by atoms with van der Waals surface area (Å²) in [5, 5.41) is 31.6. The average molecular weight is 367 g/mol. The number of aliphatic hydroxyl groups is 2. The highest BCUT2D eigenvalue weighted by Gasteiger charge is 2.49. The largest absolute Gasteiger partial charge is 0.508 e. The van der Waals surface area contributed by atoms with E-state index in [4.69, 9.17) is 0 Å². The van der Waals surface area contributed by atoms with Gasteiger partial charge in [0.15, 0.2) is 0 Å². The van der Waals surface area contributed by atoms with Crippen LogP contribution < -0.4 is 0 Å². The van der Waals surface area contributed by atoms with Crippen LogP contribution in [0.15, 0.2) is 54.6 Å². The Hall–Kier alpha value is -1.88. The van der Waals surface area contributed by atoms with Crippen molar-refractivity contribution in [1.82, 2.24) is 4.90 Å². The molecule has 2 fully saturated rings. The quantitative estimate of drug-likeness (QED) is 0.758. The molecule has 4 nitrogen and oxygen atoms in total. The first-order valence-corrected chi connectivity index (χ1v) is 9.96. The second-order valence-electron chi connectivity index (χ2n) is 8.40. The van der Waals surface area contributed by atoms with E-state index in [9.17, 15) is 15.3 Å². The Balaban J connectivity index is 1.48. The molecule has 0 aromatic heterocycles. The van der Waals surface area contributed by atoms with E-state index in [1.54, 1.807) is 24.3 Å². The van der Waals surface area contributed by atoms with Crippen molar-refractivity contribution >= 4 is 0 Å². The van der Waals surface area contributed by atoms with E-state index in [1.165, 1.54) is 5.56 Å². The summed E-state index contributed by atoms with van der Waals surface area (Å²) in [4.78, 5) is 2.43. The van der Waals surface area contributed by atoms with Crippen LogP contribution in [-0.2, 0) is 6.42 Å². The fourth-order valence-electron chi connectivity index (χ4n) is 5.25. The zero-order valence-electron chi connectivity index (χ0n) is 15.8. The molecular formula is C23H29NO3. The van der Waals surface area contributed by atoms with Gasteiger partial charge in [-0.25, -0.2) is 0 Å². The van der Waals surface area contributed by atoms with Gasteiger partial charge in [-0.05, 0) is 55.9 Å². The van der Waals surface area contributed by atoms with Gasteiger partial charge in [0.1, 0.15) is 5.75 Å². The van der Waals surface area contributed by atoms with Gasteiger partial charge in [-0.15, -0.1) is 0 Å². The van der Waals surface area contributed by atoms with Crippen LogP contribution in [0.25, 0.3) is 0 Å². The van der Waals surface area contributed by atoms with Crippen LogP contribution in [0.2, 0.25) is 0 Å². The highest BCUT2D eigenvalue weighted by Crippen LogP contribution is 2.44. The lowest BCUT2D eigenvalue weighted by Crippen LogP contribution is -2.55. The van der Waals surface area contributed by atoms with Crippen LogP contribution in [-0.4, -0.2) is 43.9 Å². The van der Waals surface area contributed by atoms with Gasteiger partial charge in [0, 0.05) is 24.5 Å². The minimum absolute atomic E-state index is 0.0201. The number of piperidine rings is 1. The highest BCUT2D eigenvalue weighted by atomic mass is 16.3. The van der Waals surface area contributed by atoms with Crippen molar-refractivity contribution in [1.29, 1.82) is 0 Å². The Morgan fingerprint density at radius 1 is 1.00 bits per heavy atom. The maximum Gasteiger partial charge on any atom is 0.115 e. The first kappa shape index (κ1) is 18.5. The number of fused-ring (bicyclic) bond motifs is 2. The molecule has 2 unspecified atom stereocenters. The Labute approximate surface area is 161 Å². The summed E-state index contributed by atoms with van der Waals surface area (Å²) in [7, 11) is 0. The molecule has 4 atom stereocenters. The standard InChI is InChI=1S/C23H29NO3/c1-16(22(26)18-7-11-21(25)12-8-18)24-19-9-10-20(24)15-23(27,14-19)13-17-5-3-2-4-6-17/h2-8,11-12,16,19-20,22,25-27H,9-10,13-15H2,1H3/t16-,19?,20?,22+,23?/m0/s1. The van der Waals surface area contributed by atoms with Gasteiger partial charge in [0.2, 0.25) is 0 Å². The average Bonchev–Trinajstić information content (AvgIpc) is 2.94. The van der Waals surface area contributed by atoms with Gasteiger partial charge < -0.3 is 15.3 Å². The van der Waals surface area contributed by atoms with Crippen molar-refractivity contribution < 1.29 is 15.3 Å². The molecule has 4 heteroatoms. The second-order valence-corrected chi connectivity index (χ2v) is 8.40. The Bertz CT molecular complexity index is 747. The molecule has 2 aromatic rings. The number of hydrogen-bond acceptors (Lipinski definition) is 4. The third kappa shape index (κ3) is 3.75. The number of nitrogens with zero attached hydrogens (tertiary/aromatic N) is 1. The van der Waals surface area contributed by atoms with Crippen molar-refractivity contribution in [3.8, 4) is 5.75 Å². The molecule has 2 aromatic carbocycles. The van der Waals surface area contributed by atoms with E-state index in [1.807, 2.05) is 18.2 Å². The van der Waals surface area contributed by atoms with Crippen LogP contribution in [0.4, 0.5) is 0 Å². The van der Waals surface area contributed by atoms with Gasteiger partial charge in [-0.3, -0.25) is 4.90 Å². The Kier molecular flexibility index (Phi) is 4.97. The lowest BCUT2D eigenvalue weighted by atomic mass is 9.80. The minimum atomic E-state index is -0.660. The SMILES string of the molecule is C[C@@H]([C@@H](O)c1ccc(O)cc1)N1C2CCC1CC(O)(Cc1ccccc1)C2. The molecule has 2 aliphatic rings.